The lowest BCUT2D eigenvalue weighted by Gasteiger charge is -2.22. The third-order valence-electron chi connectivity index (χ3n) is 3.69. The largest absolute Gasteiger partial charge is 0.494 e. The molecular weight excluding hydrogens is 250 g/mol. The normalized spacial score (nSPS) is 21.9. The van der Waals surface area contributed by atoms with Crippen LogP contribution >= 0.6 is 0 Å². The van der Waals surface area contributed by atoms with Crippen LogP contribution in [0.5, 0.6) is 11.5 Å². The summed E-state index contributed by atoms with van der Waals surface area (Å²) in [5.74, 6) is 1.87. The van der Waals surface area contributed by atoms with Gasteiger partial charge >= 0.3 is 0 Å². The van der Waals surface area contributed by atoms with Gasteiger partial charge in [0.25, 0.3) is 0 Å². The topological polar surface area (TPSA) is 30.5 Å². The highest BCUT2D eigenvalue weighted by Gasteiger charge is 2.28. The van der Waals surface area contributed by atoms with Crippen LogP contribution in [-0.2, 0) is 0 Å². The summed E-state index contributed by atoms with van der Waals surface area (Å²) in [4.78, 5) is 0. The van der Waals surface area contributed by atoms with Gasteiger partial charge in [-0.05, 0) is 62.9 Å². The van der Waals surface area contributed by atoms with Crippen LogP contribution in [0.2, 0.25) is 0 Å². The highest BCUT2D eigenvalue weighted by molar-refractivity contribution is 5.31. The molecule has 1 aromatic rings. The molecule has 2 unspecified atom stereocenters. The molecule has 1 aliphatic rings. The summed E-state index contributed by atoms with van der Waals surface area (Å²) in [5, 5.41) is 3.59. The van der Waals surface area contributed by atoms with Gasteiger partial charge in [0.15, 0.2) is 0 Å². The van der Waals surface area contributed by atoms with E-state index in [0.29, 0.717) is 12.1 Å². The smallest absolute Gasteiger partial charge is 0.120 e. The van der Waals surface area contributed by atoms with Gasteiger partial charge in [0, 0.05) is 6.04 Å². The van der Waals surface area contributed by atoms with E-state index in [0.717, 1.165) is 37.5 Å². The van der Waals surface area contributed by atoms with Gasteiger partial charge in [0.1, 0.15) is 17.6 Å². The zero-order valence-corrected chi connectivity index (χ0v) is 12.7. The fourth-order valence-corrected chi connectivity index (χ4v) is 2.64. The van der Waals surface area contributed by atoms with Crippen molar-refractivity contribution in [3.63, 3.8) is 0 Å². The van der Waals surface area contributed by atoms with Crippen LogP contribution in [0.15, 0.2) is 24.3 Å². The molecule has 0 bridgehead atoms. The Morgan fingerprint density at radius 2 is 1.80 bits per heavy atom. The molecule has 0 aromatic heterocycles. The van der Waals surface area contributed by atoms with E-state index in [1.807, 2.05) is 24.3 Å². The van der Waals surface area contributed by atoms with Gasteiger partial charge in [-0.1, -0.05) is 13.8 Å². The third kappa shape index (κ3) is 4.41. The average molecular weight is 277 g/mol. The lowest BCUT2D eigenvalue weighted by molar-refractivity contribution is 0.174. The molecule has 0 radical (unpaired) electrons. The van der Waals surface area contributed by atoms with E-state index >= 15 is 0 Å². The van der Waals surface area contributed by atoms with E-state index in [4.69, 9.17) is 9.47 Å². The number of nitrogens with one attached hydrogen (secondary N) is 1. The summed E-state index contributed by atoms with van der Waals surface area (Å²) in [6.07, 6.45) is 6.14. The number of hydrogen-bond donors (Lipinski definition) is 1. The summed E-state index contributed by atoms with van der Waals surface area (Å²) in [5.41, 5.74) is 0. The van der Waals surface area contributed by atoms with E-state index < -0.39 is 0 Å². The van der Waals surface area contributed by atoms with Crippen LogP contribution in [0.25, 0.3) is 0 Å². The summed E-state index contributed by atoms with van der Waals surface area (Å²) in [6.45, 7) is 6.16. The molecule has 1 saturated carbocycles. The molecule has 20 heavy (non-hydrogen) atoms. The Morgan fingerprint density at radius 3 is 2.50 bits per heavy atom. The third-order valence-corrected chi connectivity index (χ3v) is 3.69. The Labute approximate surface area is 122 Å². The Morgan fingerprint density at radius 1 is 1.05 bits per heavy atom. The van der Waals surface area contributed by atoms with Crippen molar-refractivity contribution in [2.24, 2.45) is 0 Å². The molecule has 3 nitrogen and oxygen atoms in total. The van der Waals surface area contributed by atoms with E-state index in [2.05, 4.69) is 19.2 Å². The molecule has 0 spiro atoms. The SMILES string of the molecule is CCCNC1CCCC1Oc1ccc(OCCC)cc1. The van der Waals surface area contributed by atoms with E-state index in [-0.39, 0.29) is 0 Å². The second-order valence-electron chi connectivity index (χ2n) is 5.47. The quantitative estimate of drug-likeness (QED) is 0.784. The molecule has 3 heteroatoms. The maximum Gasteiger partial charge on any atom is 0.120 e. The van der Waals surface area contributed by atoms with Crippen LogP contribution in [0.3, 0.4) is 0 Å². The van der Waals surface area contributed by atoms with Gasteiger partial charge in [-0.2, -0.15) is 0 Å². The molecule has 1 N–H and O–H groups in total. The highest BCUT2D eigenvalue weighted by atomic mass is 16.5. The fraction of sp³-hybridized carbons (Fsp3) is 0.647. The molecule has 112 valence electrons. The van der Waals surface area contributed by atoms with Crippen molar-refractivity contribution < 1.29 is 9.47 Å². The number of benzene rings is 1. The molecule has 0 aliphatic heterocycles. The molecule has 0 amide bonds. The van der Waals surface area contributed by atoms with E-state index in [9.17, 15) is 0 Å². The molecule has 0 saturated heterocycles. The number of hydrogen-bond acceptors (Lipinski definition) is 3. The lowest BCUT2D eigenvalue weighted by atomic mass is 10.2. The standard InChI is InChI=1S/C17H27NO2/c1-3-12-18-16-6-5-7-17(16)20-15-10-8-14(9-11-15)19-13-4-2/h8-11,16-18H,3-7,12-13H2,1-2H3. The van der Waals surface area contributed by atoms with Crippen molar-refractivity contribution in [1.82, 2.24) is 5.32 Å². The molecular formula is C17H27NO2. The molecule has 2 rings (SSSR count). The molecule has 2 atom stereocenters. The minimum Gasteiger partial charge on any atom is -0.494 e. The summed E-state index contributed by atoms with van der Waals surface area (Å²) >= 11 is 0. The van der Waals surface area contributed by atoms with E-state index in [1.54, 1.807) is 0 Å². The molecule has 1 aliphatic carbocycles. The molecule has 0 heterocycles. The van der Waals surface area contributed by atoms with Crippen LogP contribution in [0, 0.1) is 0 Å². The maximum atomic E-state index is 6.13. The maximum absolute atomic E-state index is 6.13. The first-order valence-electron chi connectivity index (χ1n) is 7.96. The predicted octanol–water partition coefficient (Wildman–Crippen LogP) is 3.77. The number of rotatable bonds is 8. The fourth-order valence-electron chi connectivity index (χ4n) is 2.64. The van der Waals surface area contributed by atoms with Crippen molar-refractivity contribution in [2.75, 3.05) is 13.2 Å². The van der Waals surface area contributed by atoms with Crippen LogP contribution in [0.1, 0.15) is 46.0 Å². The van der Waals surface area contributed by atoms with Gasteiger partial charge in [-0.15, -0.1) is 0 Å². The minimum atomic E-state index is 0.309. The first-order valence-corrected chi connectivity index (χ1v) is 7.96. The summed E-state index contributed by atoms with van der Waals surface area (Å²) in [6, 6.07) is 8.52. The van der Waals surface area contributed by atoms with Crippen LogP contribution in [0.4, 0.5) is 0 Å². The van der Waals surface area contributed by atoms with Crippen molar-refractivity contribution >= 4 is 0 Å². The zero-order chi connectivity index (χ0) is 14.2. The summed E-state index contributed by atoms with van der Waals surface area (Å²) < 4.78 is 11.7. The first kappa shape index (κ1) is 15.2. The monoisotopic (exact) mass is 277 g/mol. The summed E-state index contributed by atoms with van der Waals surface area (Å²) in [7, 11) is 0. The van der Waals surface area contributed by atoms with Gasteiger partial charge < -0.3 is 14.8 Å². The van der Waals surface area contributed by atoms with Crippen molar-refractivity contribution in [3.05, 3.63) is 24.3 Å². The molecule has 1 fully saturated rings. The Balaban J connectivity index is 1.85. The van der Waals surface area contributed by atoms with Crippen molar-refractivity contribution in [2.45, 2.75) is 58.1 Å². The highest BCUT2D eigenvalue weighted by Crippen LogP contribution is 2.26. The van der Waals surface area contributed by atoms with Gasteiger partial charge in [0.05, 0.1) is 6.61 Å². The van der Waals surface area contributed by atoms with Gasteiger partial charge in [-0.25, -0.2) is 0 Å². The lowest BCUT2D eigenvalue weighted by Crippen LogP contribution is -2.39. The second kappa shape index (κ2) is 8.15. The average Bonchev–Trinajstić information content (AvgIpc) is 2.91. The minimum absolute atomic E-state index is 0.309. The van der Waals surface area contributed by atoms with Gasteiger partial charge in [-0.3, -0.25) is 0 Å². The van der Waals surface area contributed by atoms with Crippen LogP contribution < -0.4 is 14.8 Å². The predicted molar refractivity (Wildman–Crippen MR) is 82.6 cm³/mol. The zero-order valence-electron chi connectivity index (χ0n) is 12.7. The molecule has 1 aromatic carbocycles. The Bertz CT molecular complexity index is 377. The van der Waals surface area contributed by atoms with Crippen molar-refractivity contribution in [3.8, 4) is 11.5 Å². The van der Waals surface area contributed by atoms with Crippen molar-refractivity contribution in [1.29, 1.82) is 0 Å². The number of ether oxygens (including phenoxy) is 2. The van der Waals surface area contributed by atoms with E-state index in [1.165, 1.54) is 19.3 Å². The van der Waals surface area contributed by atoms with Crippen LogP contribution in [-0.4, -0.2) is 25.3 Å². The van der Waals surface area contributed by atoms with Gasteiger partial charge in [0.2, 0.25) is 0 Å². The Kier molecular flexibility index (Phi) is 6.19. The Hall–Kier alpha value is -1.22. The first-order chi connectivity index (χ1) is 9.83. The second-order valence-corrected chi connectivity index (χ2v) is 5.47.